The molecule has 102 valence electrons. The first-order chi connectivity index (χ1) is 9.15. The summed E-state index contributed by atoms with van der Waals surface area (Å²) in [5.41, 5.74) is 1.07. The first kappa shape index (κ1) is 14.5. The summed E-state index contributed by atoms with van der Waals surface area (Å²) in [4.78, 5) is 1.15. The van der Waals surface area contributed by atoms with Gasteiger partial charge in [0.15, 0.2) is 0 Å². The van der Waals surface area contributed by atoms with Gasteiger partial charge in [0, 0.05) is 10.5 Å². The molecule has 0 bridgehead atoms. The van der Waals surface area contributed by atoms with Crippen molar-refractivity contribution in [3.05, 3.63) is 50.4 Å². The average Bonchev–Trinajstić information content (AvgIpc) is 2.86. The molecule has 1 aromatic heterocycles. The number of benzene rings is 1. The van der Waals surface area contributed by atoms with Crippen LogP contribution in [0.1, 0.15) is 16.5 Å². The fraction of sp³-hybridized carbons (Fsp3) is 0.286. The SMILES string of the molecule is CNC(Cc1ccc(F)cc1Br)c1sccc1OC. The zero-order valence-electron chi connectivity index (χ0n) is 10.7. The van der Waals surface area contributed by atoms with Gasteiger partial charge in [-0.3, -0.25) is 0 Å². The van der Waals surface area contributed by atoms with Crippen LogP contribution < -0.4 is 10.1 Å². The highest BCUT2D eigenvalue weighted by molar-refractivity contribution is 9.10. The second kappa shape index (κ2) is 6.50. The van der Waals surface area contributed by atoms with E-state index in [-0.39, 0.29) is 11.9 Å². The topological polar surface area (TPSA) is 21.3 Å². The Balaban J connectivity index is 2.24. The normalized spacial score (nSPS) is 12.4. The van der Waals surface area contributed by atoms with Crippen molar-refractivity contribution in [3.63, 3.8) is 0 Å². The molecule has 2 nitrogen and oxygen atoms in total. The Bertz CT molecular complexity index is 558. The third kappa shape index (κ3) is 3.35. The summed E-state index contributed by atoms with van der Waals surface area (Å²) in [7, 11) is 3.59. The van der Waals surface area contributed by atoms with Crippen molar-refractivity contribution >= 4 is 27.3 Å². The van der Waals surface area contributed by atoms with E-state index in [1.165, 1.54) is 12.1 Å². The van der Waals surface area contributed by atoms with E-state index in [1.807, 2.05) is 24.6 Å². The van der Waals surface area contributed by atoms with E-state index < -0.39 is 0 Å². The lowest BCUT2D eigenvalue weighted by Crippen LogP contribution is -2.18. The third-order valence-corrected chi connectivity index (χ3v) is 4.73. The summed E-state index contributed by atoms with van der Waals surface area (Å²) in [6, 6.07) is 6.90. The first-order valence-corrected chi connectivity index (χ1v) is 7.55. The molecule has 0 saturated carbocycles. The van der Waals surface area contributed by atoms with Gasteiger partial charge in [-0.15, -0.1) is 11.3 Å². The lowest BCUT2D eigenvalue weighted by Gasteiger charge is -2.17. The molecule has 0 saturated heterocycles. The number of halogens is 2. The average molecular weight is 344 g/mol. The van der Waals surface area contributed by atoms with Gasteiger partial charge in [0.05, 0.1) is 12.0 Å². The Morgan fingerprint density at radius 1 is 1.42 bits per heavy atom. The van der Waals surface area contributed by atoms with E-state index in [0.29, 0.717) is 0 Å². The molecule has 1 N–H and O–H groups in total. The highest BCUT2D eigenvalue weighted by Gasteiger charge is 2.17. The molecule has 0 fully saturated rings. The van der Waals surface area contributed by atoms with Crippen LogP contribution in [0, 0.1) is 5.82 Å². The Morgan fingerprint density at radius 2 is 2.21 bits per heavy atom. The largest absolute Gasteiger partial charge is 0.496 e. The third-order valence-electron chi connectivity index (χ3n) is 2.98. The summed E-state index contributed by atoms with van der Waals surface area (Å²) in [5.74, 6) is 0.660. The number of hydrogen-bond donors (Lipinski definition) is 1. The van der Waals surface area contributed by atoms with E-state index in [4.69, 9.17) is 4.74 Å². The molecule has 0 aliphatic heterocycles. The molecule has 1 heterocycles. The number of nitrogens with one attached hydrogen (secondary N) is 1. The highest BCUT2D eigenvalue weighted by Crippen LogP contribution is 2.33. The van der Waals surface area contributed by atoms with Crippen molar-refractivity contribution in [2.24, 2.45) is 0 Å². The first-order valence-electron chi connectivity index (χ1n) is 5.88. The zero-order chi connectivity index (χ0) is 13.8. The Labute approximate surface area is 124 Å². The molecule has 0 aliphatic carbocycles. The predicted molar refractivity (Wildman–Crippen MR) is 80.5 cm³/mol. The van der Waals surface area contributed by atoms with Crippen molar-refractivity contribution in [3.8, 4) is 5.75 Å². The minimum atomic E-state index is -0.231. The van der Waals surface area contributed by atoms with E-state index in [0.717, 1.165) is 27.1 Å². The highest BCUT2D eigenvalue weighted by atomic mass is 79.9. The van der Waals surface area contributed by atoms with Gasteiger partial charge < -0.3 is 10.1 Å². The molecule has 0 amide bonds. The monoisotopic (exact) mass is 343 g/mol. The summed E-state index contributed by atoms with van der Waals surface area (Å²) >= 11 is 5.07. The molecular weight excluding hydrogens is 329 g/mol. The van der Waals surface area contributed by atoms with Crippen LogP contribution >= 0.6 is 27.3 Å². The molecular formula is C14H15BrFNOS. The lowest BCUT2D eigenvalue weighted by atomic mass is 10.0. The fourth-order valence-electron chi connectivity index (χ4n) is 1.96. The number of ether oxygens (including phenoxy) is 1. The zero-order valence-corrected chi connectivity index (χ0v) is 13.1. The fourth-order valence-corrected chi connectivity index (χ4v) is 3.45. The van der Waals surface area contributed by atoms with Crippen LogP contribution in [0.4, 0.5) is 4.39 Å². The summed E-state index contributed by atoms with van der Waals surface area (Å²) < 4.78 is 19.2. The van der Waals surface area contributed by atoms with E-state index >= 15 is 0 Å². The van der Waals surface area contributed by atoms with Gasteiger partial charge in [-0.25, -0.2) is 4.39 Å². The van der Waals surface area contributed by atoms with Crippen molar-refractivity contribution < 1.29 is 9.13 Å². The Morgan fingerprint density at radius 3 is 2.84 bits per heavy atom. The maximum Gasteiger partial charge on any atom is 0.134 e. The van der Waals surface area contributed by atoms with Gasteiger partial charge in [-0.1, -0.05) is 22.0 Å². The molecule has 0 radical (unpaired) electrons. The lowest BCUT2D eigenvalue weighted by molar-refractivity contribution is 0.405. The van der Waals surface area contributed by atoms with Gasteiger partial charge in [0.1, 0.15) is 11.6 Å². The molecule has 19 heavy (non-hydrogen) atoms. The summed E-state index contributed by atoms with van der Waals surface area (Å²) in [5, 5.41) is 5.30. The van der Waals surface area contributed by atoms with Gasteiger partial charge >= 0.3 is 0 Å². The standard InChI is InChI=1S/C14H15BrFNOS/c1-17-12(14-13(18-2)5-6-19-14)7-9-3-4-10(16)8-11(9)15/h3-6,8,12,17H,7H2,1-2H3. The molecule has 0 spiro atoms. The summed E-state index contributed by atoms with van der Waals surface area (Å²) in [6.07, 6.45) is 0.772. The van der Waals surface area contributed by atoms with Crippen molar-refractivity contribution in [2.45, 2.75) is 12.5 Å². The van der Waals surface area contributed by atoms with Crippen molar-refractivity contribution in [1.29, 1.82) is 0 Å². The maximum absolute atomic E-state index is 13.1. The second-order valence-corrected chi connectivity index (χ2v) is 5.94. The number of likely N-dealkylation sites (N-methyl/N-ethyl adjacent to an activating group) is 1. The van der Waals surface area contributed by atoms with Crippen LogP contribution in [0.5, 0.6) is 5.75 Å². The predicted octanol–water partition coefficient (Wildman–Crippen LogP) is 4.16. The molecule has 1 unspecified atom stereocenters. The van der Waals surface area contributed by atoms with E-state index in [2.05, 4.69) is 21.2 Å². The van der Waals surface area contributed by atoms with Crippen molar-refractivity contribution in [2.75, 3.05) is 14.2 Å². The van der Waals surface area contributed by atoms with Crippen LogP contribution in [0.15, 0.2) is 34.1 Å². The Kier molecular flexibility index (Phi) is 4.96. The van der Waals surface area contributed by atoms with E-state index in [1.54, 1.807) is 18.4 Å². The minimum Gasteiger partial charge on any atom is -0.496 e. The molecule has 1 aromatic carbocycles. The molecule has 2 rings (SSSR count). The van der Waals surface area contributed by atoms with Gasteiger partial charge in [0.2, 0.25) is 0 Å². The van der Waals surface area contributed by atoms with Crippen LogP contribution in [-0.2, 0) is 6.42 Å². The molecule has 5 heteroatoms. The summed E-state index contributed by atoms with van der Waals surface area (Å²) in [6.45, 7) is 0. The Hall–Kier alpha value is -0.910. The minimum absolute atomic E-state index is 0.150. The van der Waals surface area contributed by atoms with E-state index in [9.17, 15) is 4.39 Å². The van der Waals surface area contributed by atoms with Gasteiger partial charge in [-0.2, -0.15) is 0 Å². The number of thiophene rings is 1. The van der Waals surface area contributed by atoms with Crippen LogP contribution in [0.25, 0.3) is 0 Å². The maximum atomic E-state index is 13.1. The quantitative estimate of drug-likeness (QED) is 0.879. The number of hydrogen-bond acceptors (Lipinski definition) is 3. The van der Waals surface area contributed by atoms with Crippen LogP contribution in [0.2, 0.25) is 0 Å². The molecule has 0 aliphatic rings. The molecule has 2 aromatic rings. The second-order valence-electron chi connectivity index (χ2n) is 4.13. The van der Waals surface area contributed by atoms with Crippen molar-refractivity contribution in [1.82, 2.24) is 5.32 Å². The number of rotatable bonds is 5. The smallest absolute Gasteiger partial charge is 0.134 e. The van der Waals surface area contributed by atoms with Gasteiger partial charge in [0.25, 0.3) is 0 Å². The van der Waals surface area contributed by atoms with Crippen LogP contribution in [-0.4, -0.2) is 14.2 Å². The molecule has 1 atom stereocenters. The van der Waals surface area contributed by atoms with Gasteiger partial charge in [-0.05, 0) is 42.6 Å². The number of methoxy groups -OCH3 is 1. The van der Waals surface area contributed by atoms with Crippen LogP contribution in [0.3, 0.4) is 0 Å².